The smallest absolute Gasteiger partial charge is 0.201 e. The number of aromatic nitrogens is 1. The third kappa shape index (κ3) is 5.23. The number of Topliss-reactive ketones (excluding diaryl/α,β-unsaturated/α-hetero) is 1. The van der Waals surface area contributed by atoms with Crippen LogP contribution in [0.15, 0.2) is 24.4 Å². The van der Waals surface area contributed by atoms with Crippen LogP contribution in [-0.4, -0.2) is 83.7 Å². The highest BCUT2D eigenvalue weighted by Gasteiger charge is 2.52. The van der Waals surface area contributed by atoms with Crippen LogP contribution < -0.4 is 0 Å². The summed E-state index contributed by atoms with van der Waals surface area (Å²) in [6.45, 7) is 12.4. The van der Waals surface area contributed by atoms with Gasteiger partial charge in [0.2, 0.25) is 5.78 Å². The lowest BCUT2D eigenvalue weighted by Gasteiger charge is -2.48. The van der Waals surface area contributed by atoms with E-state index in [0.29, 0.717) is 24.8 Å². The highest BCUT2D eigenvalue weighted by molar-refractivity contribution is 6.02. The zero-order chi connectivity index (χ0) is 21.1. The molecular formula is C23H37N3O3. The van der Waals surface area contributed by atoms with E-state index in [0.717, 1.165) is 39.1 Å². The molecule has 162 valence electrons. The lowest BCUT2D eigenvalue weighted by atomic mass is 9.76. The lowest BCUT2D eigenvalue weighted by molar-refractivity contribution is -0.104. The van der Waals surface area contributed by atoms with Gasteiger partial charge in [-0.25, -0.2) is 0 Å². The minimum absolute atomic E-state index is 0.140. The fourth-order valence-electron chi connectivity index (χ4n) is 4.79. The maximum absolute atomic E-state index is 13.7. The maximum atomic E-state index is 13.7. The van der Waals surface area contributed by atoms with Crippen LogP contribution in [0.2, 0.25) is 0 Å². The number of ketones is 1. The normalized spacial score (nSPS) is 27.6. The maximum Gasteiger partial charge on any atom is 0.201 e. The van der Waals surface area contributed by atoms with Crippen molar-refractivity contribution in [2.45, 2.75) is 70.2 Å². The average molecular weight is 404 g/mol. The first-order chi connectivity index (χ1) is 13.7. The second kappa shape index (κ2) is 9.21. The van der Waals surface area contributed by atoms with E-state index in [4.69, 9.17) is 9.47 Å². The molecule has 2 saturated heterocycles. The number of hydrogen-bond acceptors (Lipinski definition) is 6. The zero-order valence-electron chi connectivity index (χ0n) is 18.7. The molecule has 0 radical (unpaired) electrons. The second-order valence-electron chi connectivity index (χ2n) is 9.40. The Morgan fingerprint density at radius 2 is 2.21 bits per heavy atom. The number of carbonyl (C=O) groups is 1. The summed E-state index contributed by atoms with van der Waals surface area (Å²) in [6.07, 6.45) is 4.45. The largest absolute Gasteiger partial charge is 0.377 e. The van der Waals surface area contributed by atoms with Gasteiger partial charge in [0.15, 0.2) is 0 Å². The summed E-state index contributed by atoms with van der Waals surface area (Å²) in [7, 11) is 2.17. The number of rotatable bonds is 8. The van der Waals surface area contributed by atoms with E-state index in [-0.39, 0.29) is 17.5 Å². The van der Waals surface area contributed by atoms with Gasteiger partial charge in [-0.3, -0.25) is 19.6 Å². The number of carbonyl (C=O) groups excluding carboxylic acids is 1. The molecule has 0 aliphatic carbocycles. The number of likely N-dealkylation sites (tertiary alicyclic amines) is 1. The van der Waals surface area contributed by atoms with Crippen molar-refractivity contribution in [2.75, 3.05) is 39.9 Å². The fraction of sp³-hybridized carbons (Fsp3) is 0.739. The van der Waals surface area contributed by atoms with Crippen LogP contribution in [0, 0.1) is 0 Å². The van der Waals surface area contributed by atoms with Gasteiger partial charge in [-0.15, -0.1) is 0 Å². The molecule has 3 heterocycles. The average Bonchev–Trinajstić information content (AvgIpc) is 3.18. The Bertz CT molecular complexity index is 679. The van der Waals surface area contributed by atoms with Gasteiger partial charge in [-0.2, -0.15) is 0 Å². The molecule has 2 fully saturated rings. The Kier molecular flexibility index (Phi) is 7.10. The fourth-order valence-corrected chi connectivity index (χ4v) is 4.79. The summed E-state index contributed by atoms with van der Waals surface area (Å²) < 4.78 is 11.7. The van der Waals surface area contributed by atoms with Crippen molar-refractivity contribution in [3.05, 3.63) is 30.1 Å². The summed E-state index contributed by atoms with van der Waals surface area (Å²) in [4.78, 5) is 22.9. The Balaban J connectivity index is 1.76. The lowest BCUT2D eigenvalue weighted by Crippen LogP contribution is -2.61. The van der Waals surface area contributed by atoms with Crippen molar-refractivity contribution in [3.63, 3.8) is 0 Å². The number of hydrogen-bond donors (Lipinski definition) is 0. The third-order valence-corrected chi connectivity index (χ3v) is 6.33. The predicted octanol–water partition coefficient (Wildman–Crippen LogP) is 3.02. The molecule has 0 unspecified atom stereocenters. The van der Waals surface area contributed by atoms with E-state index in [9.17, 15) is 4.79 Å². The number of pyridine rings is 1. The van der Waals surface area contributed by atoms with Gasteiger partial charge >= 0.3 is 0 Å². The van der Waals surface area contributed by atoms with Crippen LogP contribution in [0.3, 0.4) is 0 Å². The molecule has 2 aliphatic heterocycles. The number of ether oxygens (including phenoxy) is 2. The summed E-state index contributed by atoms with van der Waals surface area (Å²) >= 11 is 0. The molecular weight excluding hydrogens is 366 g/mol. The molecule has 29 heavy (non-hydrogen) atoms. The Morgan fingerprint density at radius 3 is 2.86 bits per heavy atom. The van der Waals surface area contributed by atoms with Crippen molar-refractivity contribution in [1.29, 1.82) is 0 Å². The van der Waals surface area contributed by atoms with Gasteiger partial charge in [-0.05, 0) is 59.7 Å². The van der Waals surface area contributed by atoms with Gasteiger partial charge in [-0.1, -0.05) is 6.07 Å². The molecule has 6 nitrogen and oxygen atoms in total. The van der Waals surface area contributed by atoms with E-state index in [1.165, 1.54) is 0 Å². The zero-order valence-corrected chi connectivity index (χ0v) is 18.7. The monoisotopic (exact) mass is 403 g/mol. The van der Waals surface area contributed by atoms with Crippen molar-refractivity contribution in [1.82, 2.24) is 14.8 Å². The molecule has 3 rings (SSSR count). The summed E-state index contributed by atoms with van der Waals surface area (Å²) in [5.41, 5.74) is -0.301. The van der Waals surface area contributed by atoms with E-state index in [1.807, 2.05) is 18.2 Å². The van der Waals surface area contributed by atoms with Crippen molar-refractivity contribution in [3.8, 4) is 0 Å². The van der Waals surface area contributed by atoms with Gasteiger partial charge in [0.1, 0.15) is 5.69 Å². The summed E-state index contributed by atoms with van der Waals surface area (Å²) in [5.74, 6) is 0.140. The van der Waals surface area contributed by atoms with Crippen LogP contribution in [0.25, 0.3) is 0 Å². The Hall–Kier alpha value is -1.34. The third-order valence-electron chi connectivity index (χ3n) is 6.33. The van der Waals surface area contributed by atoms with E-state index >= 15 is 0 Å². The highest BCUT2D eigenvalue weighted by Crippen LogP contribution is 2.40. The molecule has 0 aromatic carbocycles. The quantitative estimate of drug-likeness (QED) is 0.622. The van der Waals surface area contributed by atoms with Crippen molar-refractivity contribution < 1.29 is 14.3 Å². The SMILES string of the molecule is CC(C)OCCN(C)[C@@H]1CCN([C@@]2(C(=O)c3ccccn3)CCOC(C)(C)C2)C1. The van der Waals surface area contributed by atoms with Crippen LogP contribution in [-0.2, 0) is 9.47 Å². The number of nitrogens with zero attached hydrogens (tertiary/aromatic N) is 3. The molecule has 0 spiro atoms. The minimum atomic E-state index is -0.542. The second-order valence-corrected chi connectivity index (χ2v) is 9.40. The summed E-state index contributed by atoms with van der Waals surface area (Å²) in [6, 6.07) is 6.03. The Labute approximate surface area is 175 Å². The molecule has 6 heteroatoms. The molecule has 2 atom stereocenters. The predicted molar refractivity (Wildman–Crippen MR) is 114 cm³/mol. The molecule has 0 saturated carbocycles. The highest BCUT2D eigenvalue weighted by atomic mass is 16.5. The Morgan fingerprint density at radius 1 is 1.41 bits per heavy atom. The molecule has 2 aliphatic rings. The van der Waals surface area contributed by atoms with Gasteiger partial charge < -0.3 is 9.47 Å². The molecule has 0 amide bonds. The number of likely N-dealkylation sites (N-methyl/N-ethyl adjacent to an activating group) is 1. The van der Waals surface area contributed by atoms with Crippen LogP contribution in [0.4, 0.5) is 0 Å². The van der Waals surface area contributed by atoms with Crippen molar-refractivity contribution >= 4 is 5.78 Å². The molecule has 0 bridgehead atoms. The minimum Gasteiger partial charge on any atom is -0.377 e. The topological polar surface area (TPSA) is 54.9 Å². The van der Waals surface area contributed by atoms with E-state index in [1.54, 1.807) is 6.20 Å². The first-order valence-corrected chi connectivity index (χ1v) is 10.9. The summed E-state index contributed by atoms with van der Waals surface area (Å²) in [5, 5.41) is 0. The van der Waals surface area contributed by atoms with E-state index < -0.39 is 5.54 Å². The first kappa shape index (κ1) is 22.3. The van der Waals surface area contributed by atoms with Gasteiger partial charge in [0.25, 0.3) is 0 Å². The van der Waals surface area contributed by atoms with Gasteiger partial charge in [0.05, 0.1) is 23.9 Å². The van der Waals surface area contributed by atoms with Crippen LogP contribution >= 0.6 is 0 Å². The molecule has 1 aromatic rings. The first-order valence-electron chi connectivity index (χ1n) is 10.9. The van der Waals surface area contributed by atoms with Crippen LogP contribution in [0.5, 0.6) is 0 Å². The van der Waals surface area contributed by atoms with Gasteiger partial charge in [0, 0.05) is 44.9 Å². The van der Waals surface area contributed by atoms with Crippen LogP contribution in [0.1, 0.15) is 57.4 Å². The standard InChI is InChI=1S/C23H37N3O3/c1-18(2)28-15-13-25(5)19-9-12-26(16-19)23(10-14-29-22(3,4)17-23)21(27)20-8-6-7-11-24-20/h6-8,11,18-19H,9-10,12-17H2,1-5H3/t19-,23+/m1/s1. The van der Waals surface area contributed by atoms with E-state index in [2.05, 4.69) is 49.5 Å². The van der Waals surface area contributed by atoms with Crippen molar-refractivity contribution in [2.24, 2.45) is 0 Å². The molecule has 0 N–H and O–H groups in total. The molecule has 1 aromatic heterocycles.